The van der Waals surface area contributed by atoms with Crippen molar-refractivity contribution in [2.75, 3.05) is 14.2 Å². The molecule has 4 heteroatoms. The molecule has 2 rings (SSSR count). The number of hydrogen-bond acceptors (Lipinski definition) is 3. The SMILES string of the molecule is COc1ccc(C(N)Cc2cccc(F)c2)cc1OC. The summed E-state index contributed by atoms with van der Waals surface area (Å²) in [6, 6.07) is 11.8. The predicted octanol–water partition coefficient (Wildman–Crippen LogP) is 3.09. The van der Waals surface area contributed by atoms with Gasteiger partial charge in [-0.3, -0.25) is 0 Å². The van der Waals surface area contributed by atoms with Gasteiger partial charge in [-0.1, -0.05) is 18.2 Å². The van der Waals surface area contributed by atoms with Gasteiger partial charge in [-0.05, 0) is 41.8 Å². The molecule has 0 heterocycles. The van der Waals surface area contributed by atoms with E-state index in [0.717, 1.165) is 11.1 Å². The molecule has 20 heavy (non-hydrogen) atoms. The van der Waals surface area contributed by atoms with Crippen molar-refractivity contribution in [1.82, 2.24) is 0 Å². The molecule has 2 aromatic rings. The molecule has 106 valence electrons. The van der Waals surface area contributed by atoms with Crippen molar-refractivity contribution >= 4 is 0 Å². The minimum atomic E-state index is -0.248. The number of benzene rings is 2. The van der Waals surface area contributed by atoms with E-state index in [9.17, 15) is 4.39 Å². The third-order valence-electron chi connectivity index (χ3n) is 3.18. The summed E-state index contributed by atoms with van der Waals surface area (Å²) >= 11 is 0. The molecule has 0 amide bonds. The summed E-state index contributed by atoms with van der Waals surface area (Å²) in [7, 11) is 3.17. The molecule has 3 nitrogen and oxygen atoms in total. The van der Waals surface area contributed by atoms with Crippen LogP contribution < -0.4 is 15.2 Å². The second-order valence-electron chi connectivity index (χ2n) is 4.55. The van der Waals surface area contributed by atoms with E-state index in [2.05, 4.69) is 0 Å². The fraction of sp³-hybridized carbons (Fsp3) is 0.250. The average molecular weight is 275 g/mol. The van der Waals surface area contributed by atoms with Gasteiger partial charge in [0, 0.05) is 6.04 Å². The van der Waals surface area contributed by atoms with Gasteiger partial charge in [0.2, 0.25) is 0 Å². The lowest BCUT2D eigenvalue weighted by Gasteiger charge is -2.15. The Morgan fingerprint density at radius 2 is 1.80 bits per heavy atom. The first kappa shape index (κ1) is 14.3. The maximum atomic E-state index is 13.2. The number of rotatable bonds is 5. The number of hydrogen-bond donors (Lipinski definition) is 1. The Labute approximate surface area is 118 Å². The lowest BCUT2D eigenvalue weighted by molar-refractivity contribution is 0.354. The number of halogens is 1. The molecule has 0 spiro atoms. The van der Waals surface area contributed by atoms with Crippen LogP contribution in [0.25, 0.3) is 0 Å². The molecule has 1 unspecified atom stereocenters. The van der Waals surface area contributed by atoms with Crippen molar-refractivity contribution < 1.29 is 13.9 Å². The summed E-state index contributed by atoms with van der Waals surface area (Å²) in [5.74, 6) is 1.05. The van der Waals surface area contributed by atoms with Gasteiger partial charge in [-0.2, -0.15) is 0 Å². The van der Waals surface area contributed by atoms with Crippen molar-refractivity contribution in [3.63, 3.8) is 0 Å². The summed E-state index contributed by atoms with van der Waals surface area (Å²) in [6.07, 6.45) is 0.563. The molecule has 2 aromatic carbocycles. The first-order chi connectivity index (χ1) is 9.63. The summed E-state index contributed by atoms with van der Waals surface area (Å²) in [5.41, 5.74) is 7.96. The van der Waals surface area contributed by atoms with Gasteiger partial charge < -0.3 is 15.2 Å². The molecule has 0 saturated carbocycles. The maximum Gasteiger partial charge on any atom is 0.161 e. The van der Waals surface area contributed by atoms with Crippen molar-refractivity contribution in [3.05, 3.63) is 59.4 Å². The topological polar surface area (TPSA) is 44.5 Å². The summed E-state index contributed by atoms with van der Waals surface area (Å²) in [6.45, 7) is 0. The van der Waals surface area contributed by atoms with E-state index in [1.54, 1.807) is 20.3 Å². The zero-order valence-corrected chi connectivity index (χ0v) is 11.6. The van der Waals surface area contributed by atoms with Gasteiger partial charge in [0.1, 0.15) is 5.82 Å². The Balaban J connectivity index is 2.18. The van der Waals surface area contributed by atoms with Crippen molar-refractivity contribution in [2.24, 2.45) is 5.73 Å². The second-order valence-corrected chi connectivity index (χ2v) is 4.55. The van der Waals surface area contributed by atoms with Gasteiger partial charge in [0.15, 0.2) is 11.5 Å². The van der Waals surface area contributed by atoms with Gasteiger partial charge in [-0.25, -0.2) is 4.39 Å². The number of nitrogens with two attached hydrogens (primary N) is 1. The van der Waals surface area contributed by atoms with E-state index in [0.29, 0.717) is 17.9 Å². The Morgan fingerprint density at radius 3 is 2.45 bits per heavy atom. The average Bonchev–Trinajstić information content (AvgIpc) is 2.46. The minimum Gasteiger partial charge on any atom is -0.493 e. The van der Waals surface area contributed by atoms with Crippen molar-refractivity contribution in [2.45, 2.75) is 12.5 Å². The molecule has 0 aromatic heterocycles. The van der Waals surface area contributed by atoms with Crippen LogP contribution >= 0.6 is 0 Å². The van der Waals surface area contributed by atoms with E-state index >= 15 is 0 Å². The zero-order valence-electron chi connectivity index (χ0n) is 11.6. The second kappa shape index (κ2) is 6.39. The van der Waals surface area contributed by atoms with Crippen LogP contribution in [0.3, 0.4) is 0 Å². The number of methoxy groups -OCH3 is 2. The minimum absolute atomic E-state index is 0.225. The normalized spacial score (nSPS) is 12.0. The van der Waals surface area contributed by atoms with Crippen molar-refractivity contribution in [3.8, 4) is 11.5 Å². The van der Waals surface area contributed by atoms with Gasteiger partial charge in [-0.15, -0.1) is 0 Å². The maximum absolute atomic E-state index is 13.2. The molecule has 0 aliphatic carbocycles. The van der Waals surface area contributed by atoms with Crippen molar-refractivity contribution in [1.29, 1.82) is 0 Å². The zero-order chi connectivity index (χ0) is 14.5. The first-order valence-electron chi connectivity index (χ1n) is 6.36. The van der Waals surface area contributed by atoms with E-state index in [1.165, 1.54) is 12.1 Å². The summed E-state index contributed by atoms with van der Waals surface area (Å²) < 4.78 is 23.6. The van der Waals surface area contributed by atoms with Crippen LogP contribution in [0.15, 0.2) is 42.5 Å². The van der Waals surface area contributed by atoms with Crippen LogP contribution in [0, 0.1) is 5.82 Å². The molecule has 1 atom stereocenters. The van der Waals surface area contributed by atoms with Gasteiger partial charge in [0.25, 0.3) is 0 Å². The smallest absolute Gasteiger partial charge is 0.161 e. The molecule has 0 radical (unpaired) electrons. The molecule has 0 bridgehead atoms. The largest absolute Gasteiger partial charge is 0.493 e. The number of ether oxygens (including phenoxy) is 2. The molecule has 0 aliphatic rings. The Morgan fingerprint density at radius 1 is 1.05 bits per heavy atom. The van der Waals surface area contributed by atoms with Crippen LogP contribution in [0.4, 0.5) is 4.39 Å². The Bertz CT molecular complexity index is 586. The Hall–Kier alpha value is -2.07. The highest BCUT2D eigenvalue weighted by atomic mass is 19.1. The fourth-order valence-electron chi connectivity index (χ4n) is 2.12. The van der Waals surface area contributed by atoms with Crippen LogP contribution in [-0.2, 0) is 6.42 Å². The standard InChI is InChI=1S/C16H18FNO2/c1-19-15-7-6-12(10-16(15)20-2)14(18)9-11-4-3-5-13(17)8-11/h3-8,10,14H,9,18H2,1-2H3. The highest BCUT2D eigenvalue weighted by Gasteiger charge is 2.11. The van der Waals surface area contributed by atoms with Crippen LogP contribution in [0.1, 0.15) is 17.2 Å². The monoisotopic (exact) mass is 275 g/mol. The predicted molar refractivity (Wildman–Crippen MR) is 76.6 cm³/mol. The van der Waals surface area contributed by atoms with Crippen LogP contribution in [0.5, 0.6) is 11.5 Å². The quantitative estimate of drug-likeness (QED) is 0.912. The fourth-order valence-corrected chi connectivity index (χ4v) is 2.12. The van der Waals surface area contributed by atoms with Crippen LogP contribution in [-0.4, -0.2) is 14.2 Å². The lowest BCUT2D eigenvalue weighted by Crippen LogP contribution is -2.13. The van der Waals surface area contributed by atoms with E-state index in [4.69, 9.17) is 15.2 Å². The molecular weight excluding hydrogens is 257 g/mol. The highest BCUT2D eigenvalue weighted by molar-refractivity contribution is 5.44. The van der Waals surface area contributed by atoms with Gasteiger partial charge >= 0.3 is 0 Å². The molecule has 0 saturated heterocycles. The lowest BCUT2D eigenvalue weighted by atomic mass is 9.99. The molecular formula is C16H18FNO2. The highest BCUT2D eigenvalue weighted by Crippen LogP contribution is 2.30. The summed E-state index contributed by atoms with van der Waals surface area (Å²) in [4.78, 5) is 0. The third-order valence-corrected chi connectivity index (χ3v) is 3.18. The van der Waals surface area contributed by atoms with E-state index in [1.807, 2.05) is 24.3 Å². The summed E-state index contributed by atoms with van der Waals surface area (Å²) in [5, 5.41) is 0. The Kier molecular flexibility index (Phi) is 4.58. The first-order valence-corrected chi connectivity index (χ1v) is 6.36. The molecule has 0 aliphatic heterocycles. The third kappa shape index (κ3) is 3.27. The van der Waals surface area contributed by atoms with Gasteiger partial charge in [0.05, 0.1) is 14.2 Å². The van der Waals surface area contributed by atoms with E-state index in [-0.39, 0.29) is 11.9 Å². The van der Waals surface area contributed by atoms with E-state index < -0.39 is 0 Å². The molecule has 0 fully saturated rings. The molecule has 2 N–H and O–H groups in total. The van der Waals surface area contributed by atoms with Crippen LogP contribution in [0.2, 0.25) is 0 Å².